The van der Waals surface area contributed by atoms with Crippen molar-refractivity contribution in [2.75, 3.05) is 0 Å². The molecule has 1 fully saturated rings. The fourth-order valence-electron chi connectivity index (χ4n) is 2.64. The van der Waals surface area contributed by atoms with Crippen LogP contribution in [0.2, 0.25) is 58.9 Å². The van der Waals surface area contributed by atoms with E-state index in [1.54, 1.807) is 0 Å². The summed E-state index contributed by atoms with van der Waals surface area (Å²) in [7, 11) is -5.48. The maximum absolute atomic E-state index is 10.5. The van der Waals surface area contributed by atoms with Crippen LogP contribution in [0, 0.1) is 0 Å². The van der Waals surface area contributed by atoms with E-state index in [9.17, 15) is 5.11 Å². The molecule has 5 nitrogen and oxygen atoms in total. The van der Waals surface area contributed by atoms with E-state index in [-0.39, 0.29) is 18.3 Å². The highest BCUT2D eigenvalue weighted by Gasteiger charge is 2.49. The van der Waals surface area contributed by atoms with E-state index >= 15 is 0 Å². The highest BCUT2D eigenvalue weighted by Crippen LogP contribution is 2.32. The summed E-state index contributed by atoms with van der Waals surface area (Å²) < 4.78 is 24.8. The summed E-state index contributed by atoms with van der Waals surface area (Å²) in [6.45, 7) is 21.2. The van der Waals surface area contributed by atoms with Crippen LogP contribution < -0.4 is 0 Å². The summed E-state index contributed by atoms with van der Waals surface area (Å²) in [5, 5.41) is 10.5. The molecular formula is C15H36O5Si3. The maximum Gasteiger partial charge on any atom is 0.184 e. The first kappa shape index (κ1) is 21.5. The molecule has 0 bridgehead atoms. The van der Waals surface area contributed by atoms with E-state index in [1.807, 2.05) is 6.92 Å². The van der Waals surface area contributed by atoms with E-state index in [0.717, 1.165) is 0 Å². The van der Waals surface area contributed by atoms with Crippen LogP contribution in [0.15, 0.2) is 0 Å². The summed E-state index contributed by atoms with van der Waals surface area (Å²) >= 11 is 0. The molecule has 0 aliphatic carbocycles. The van der Waals surface area contributed by atoms with E-state index < -0.39 is 37.3 Å². The van der Waals surface area contributed by atoms with Gasteiger partial charge in [0.2, 0.25) is 0 Å². The molecule has 0 aromatic carbocycles. The molecule has 1 aliphatic rings. The van der Waals surface area contributed by atoms with Crippen molar-refractivity contribution >= 4 is 25.0 Å². The van der Waals surface area contributed by atoms with Gasteiger partial charge in [-0.05, 0) is 65.8 Å². The van der Waals surface area contributed by atoms with E-state index in [4.69, 9.17) is 18.0 Å². The second-order valence-electron chi connectivity index (χ2n) is 9.32. The van der Waals surface area contributed by atoms with E-state index in [1.165, 1.54) is 0 Å². The molecule has 23 heavy (non-hydrogen) atoms. The van der Waals surface area contributed by atoms with Crippen LogP contribution in [0.4, 0.5) is 0 Å². The zero-order valence-electron chi connectivity index (χ0n) is 16.5. The van der Waals surface area contributed by atoms with Crippen molar-refractivity contribution in [1.82, 2.24) is 0 Å². The predicted molar refractivity (Wildman–Crippen MR) is 101 cm³/mol. The van der Waals surface area contributed by atoms with Gasteiger partial charge in [0.25, 0.3) is 0 Å². The highest BCUT2D eigenvalue weighted by molar-refractivity contribution is 6.70. The van der Waals surface area contributed by atoms with Crippen LogP contribution in [-0.2, 0) is 18.0 Å². The Hall–Kier alpha value is 0.451. The van der Waals surface area contributed by atoms with Gasteiger partial charge < -0.3 is 23.1 Å². The van der Waals surface area contributed by atoms with Gasteiger partial charge in [-0.2, -0.15) is 0 Å². The van der Waals surface area contributed by atoms with Crippen molar-refractivity contribution in [2.45, 2.75) is 96.6 Å². The van der Waals surface area contributed by atoms with Gasteiger partial charge in [-0.15, -0.1) is 0 Å². The van der Waals surface area contributed by atoms with Gasteiger partial charge in [0.1, 0.15) is 12.2 Å². The van der Waals surface area contributed by atoms with Gasteiger partial charge in [0, 0.05) is 0 Å². The minimum atomic E-state index is -1.86. The third-order valence-electron chi connectivity index (χ3n) is 3.21. The van der Waals surface area contributed by atoms with Crippen molar-refractivity contribution < 1.29 is 23.1 Å². The molecule has 0 saturated carbocycles. The minimum absolute atomic E-state index is 0.210. The first-order chi connectivity index (χ1) is 10.1. The SMILES string of the molecule is C[C@@H]1O[C@H](O)[C@H](O[Si](C)(C)C)[C@H](O[Si](C)(C)C)[C@H]1O[Si](C)(C)C. The fraction of sp³-hybridized carbons (Fsp3) is 1.00. The lowest BCUT2D eigenvalue weighted by atomic mass is 10.0. The van der Waals surface area contributed by atoms with E-state index in [2.05, 4.69) is 58.9 Å². The lowest BCUT2D eigenvalue weighted by Gasteiger charge is -2.48. The first-order valence-electron chi connectivity index (χ1n) is 8.46. The molecule has 1 rings (SSSR count). The highest BCUT2D eigenvalue weighted by atomic mass is 28.4. The van der Waals surface area contributed by atoms with Crippen LogP contribution in [0.3, 0.4) is 0 Å². The van der Waals surface area contributed by atoms with Crippen LogP contribution in [-0.4, -0.2) is 60.8 Å². The maximum atomic E-state index is 10.5. The largest absolute Gasteiger partial charge is 0.409 e. The van der Waals surface area contributed by atoms with Crippen LogP contribution >= 0.6 is 0 Å². The zero-order chi connectivity index (χ0) is 18.2. The van der Waals surface area contributed by atoms with Gasteiger partial charge in [-0.1, -0.05) is 0 Å². The molecule has 8 heteroatoms. The van der Waals surface area contributed by atoms with Gasteiger partial charge in [-0.25, -0.2) is 0 Å². The van der Waals surface area contributed by atoms with Crippen LogP contribution in [0.1, 0.15) is 6.92 Å². The second kappa shape index (κ2) is 7.37. The Labute approximate surface area is 145 Å². The average molecular weight is 381 g/mol. The third-order valence-corrected chi connectivity index (χ3v) is 6.15. The van der Waals surface area contributed by atoms with Gasteiger partial charge in [0.05, 0.1) is 12.2 Å². The lowest BCUT2D eigenvalue weighted by Crippen LogP contribution is -2.64. The number of aliphatic hydroxyl groups excluding tert-OH is 1. The molecular weight excluding hydrogens is 344 g/mol. The van der Waals surface area contributed by atoms with Gasteiger partial charge >= 0.3 is 0 Å². The van der Waals surface area contributed by atoms with Crippen molar-refractivity contribution in [1.29, 1.82) is 0 Å². The molecule has 0 radical (unpaired) electrons. The Morgan fingerprint density at radius 2 is 1.00 bits per heavy atom. The Bertz CT molecular complexity index is 358. The molecule has 1 aliphatic heterocycles. The predicted octanol–water partition coefficient (Wildman–Crippen LogP) is 3.38. The smallest absolute Gasteiger partial charge is 0.184 e. The summed E-state index contributed by atoms with van der Waals surface area (Å²) in [6.07, 6.45) is -2.19. The summed E-state index contributed by atoms with van der Waals surface area (Å²) in [5.41, 5.74) is 0. The molecule has 0 unspecified atom stereocenters. The molecule has 138 valence electrons. The van der Waals surface area contributed by atoms with E-state index in [0.29, 0.717) is 0 Å². The number of aliphatic hydroxyl groups is 1. The Kier molecular flexibility index (Phi) is 6.88. The van der Waals surface area contributed by atoms with Crippen molar-refractivity contribution in [3.05, 3.63) is 0 Å². The number of ether oxygens (including phenoxy) is 1. The number of hydrogen-bond acceptors (Lipinski definition) is 5. The van der Waals surface area contributed by atoms with Gasteiger partial charge in [-0.3, -0.25) is 0 Å². The summed E-state index contributed by atoms with van der Waals surface area (Å²) in [4.78, 5) is 0. The molecule has 1 heterocycles. The topological polar surface area (TPSA) is 57.2 Å². The van der Waals surface area contributed by atoms with Crippen molar-refractivity contribution in [3.8, 4) is 0 Å². The molecule has 1 saturated heterocycles. The van der Waals surface area contributed by atoms with Crippen molar-refractivity contribution in [2.24, 2.45) is 0 Å². The van der Waals surface area contributed by atoms with Crippen LogP contribution in [0.25, 0.3) is 0 Å². The summed E-state index contributed by atoms with van der Waals surface area (Å²) in [6, 6.07) is 0. The second-order valence-corrected chi connectivity index (χ2v) is 22.7. The lowest BCUT2D eigenvalue weighted by molar-refractivity contribution is -0.266. The Balaban J connectivity index is 3.13. The Morgan fingerprint density at radius 3 is 1.39 bits per heavy atom. The molecule has 0 aromatic heterocycles. The number of hydrogen-bond donors (Lipinski definition) is 1. The molecule has 0 aromatic rings. The van der Waals surface area contributed by atoms with Crippen molar-refractivity contribution in [3.63, 3.8) is 0 Å². The first-order valence-corrected chi connectivity index (χ1v) is 18.7. The van der Waals surface area contributed by atoms with Crippen LogP contribution in [0.5, 0.6) is 0 Å². The zero-order valence-corrected chi connectivity index (χ0v) is 19.5. The molecule has 5 atom stereocenters. The molecule has 0 amide bonds. The quantitative estimate of drug-likeness (QED) is 0.716. The minimum Gasteiger partial charge on any atom is -0.409 e. The normalized spacial score (nSPS) is 33.8. The fourth-order valence-corrected chi connectivity index (χ4v) is 5.93. The van der Waals surface area contributed by atoms with Gasteiger partial charge in [0.15, 0.2) is 31.2 Å². The average Bonchev–Trinajstić information content (AvgIpc) is 2.25. The summed E-state index contributed by atoms with van der Waals surface area (Å²) in [5.74, 6) is 0. The number of rotatable bonds is 6. The molecule has 1 N–H and O–H groups in total. The molecule has 0 spiro atoms. The third kappa shape index (κ3) is 7.47. The monoisotopic (exact) mass is 380 g/mol. The standard InChI is InChI=1S/C15H36O5Si3/c1-11-12(18-21(2,3)4)13(19-22(5,6)7)14(15(16)17-11)20-23(8,9)10/h11-16H,1-10H3/t11-,12-,13+,14+,15-/m0/s1. The Morgan fingerprint density at radius 1 is 0.652 bits per heavy atom.